The van der Waals surface area contributed by atoms with Gasteiger partial charge in [0.25, 0.3) is 0 Å². The van der Waals surface area contributed by atoms with Crippen LogP contribution >= 0.6 is 0 Å². The summed E-state index contributed by atoms with van der Waals surface area (Å²) in [6.45, 7) is 5.40. The number of aromatic nitrogens is 3. The Bertz CT molecular complexity index is 425. The van der Waals surface area contributed by atoms with Crippen molar-refractivity contribution in [2.75, 3.05) is 55.1 Å². The van der Waals surface area contributed by atoms with Crippen LogP contribution in [0, 0.1) is 5.92 Å². The van der Waals surface area contributed by atoms with Crippen molar-refractivity contribution in [2.24, 2.45) is 11.8 Å². The van der Waals surface area contributed by atoms with E-state index >= 15 is 0 Å². The van der Waals surface area contributed by atoms with Gasteiger partial charge >= 0.3 is 0 Å². The number of anilines is 3. The quantitative estimate of drug-likeness (QED) is 0.386. The van der Waals surface area contributed by atoms with Crippen molar-refractivity contribution in [2.45, 2.75) is 6.92 Å². The molecule has 0 bridgehead atoms. The molecule has 2 rings (SSSR count). The number of ether oxygens (including phenoxy) is 1. The van der Waals surface area contributed by atoms with Gasteiger partial charge in [-0.1, -0.05) is 6.92 Å². The Morgan fingerprint density at radius 3 is 2.65 bits per heavy atom. The lowest BCUT2D eigenvalue weighted by Crippen LogP contribution is -2.37. The summed E-state index contributed by atoms with van der Waals surface area (Å²) >= 11 is 0. The first kappa shape index (κ1) is 14.7. The first-order valence-corrected chi connectivity index (χ1v) is 6.63. The van der Waals surface area contributed by atoms with Crippen LogP contribution in [0.2, 0.25) is 0 Å². The van der Waals surface area contributed by atoms with Crippen LogP contribution in [-0.4, -0.2) is 59.5 Å². The second kappa shape index (κ2) is 7.17. The maximum atomic E-state index is 9.02. The van der Waals surface area contributed by atoms with Crippen molar-refractivity contribution >= 4 is 17.8 Å². The zero-order valence-electron chi connectivity index (χ0n) is 11.5. The average Bonchev–Trinajstić information content (AvgIpc) is 2.53. The molecule has 1 aromatic rings. The van der Waals surface area contributed by atoms with Crippen molar-refractivity contribution < 1.29 is 9.84 Å². The molecule has 5 N–H and O–H groups in total. The molecule has 0 saturated carbocycles. The number of hydrogen-bond donors (Lipinski definition) is 4. The van der Waals surface area contributed by atoms with Gasteiger partial charge in [-0.05, 0) is 5.92 Å². The van der Waals surface area contributed by atoms with E-state index < -0.39 is 0 Å². The van der Waals surface area contributed by atoms with Gasteiger partial charge in [0.1, 0.15) is 0 Å². The normalized spacial score (nSPS) is 16.9. The summed E-state index contributed by atoms with van der Waals surface area (Å²) in [4.78, 5) is 14.8. The molecular formula is C11H21N7O2. The zero-order chi connectivity index (χ0) is 14.4. The number of hydrogen-bond acceptors (Lipinski definition) is 9. The highest BCUT2D eigenvalue weighted by Crippen LogP contribution is 2.14. The molecule has 9 heteroatoms. The Balaban J connectivity index is 2.10. The minimum atomic E-state index is 0.108. The highest BCUT2D eigenvalue weighted by atomic mass is 16.5. The topological polar surface area (TPSA) is 121 Å². The Morgan fingerprint density at radius 2 is 2.00 bits per heavy atom. The molecule has 0 amide bonds. The van der Waals surface area contributed by atoms with Crippen molar-refractivity contribution in [1.82, 2.24) is 15.0 Å². The lowest BCUT2D eigenvalue weighted by atomic mass is 10.2. The zero-order valence-corrected chi connectivity index (χ0v) is 11.5. The fourth-order valence-corrected chi connectivity index (χ4v) is 1.74. The van der Waals surface area contributed by atoms with E-state index in [4.69, 9.17) is 15.7 Å². The lowest BCUT2D eigenvalue weighted by molar-refractivity contribution is 0.122. The molecule has 1 fully saturated rings. The summed E-state index contributed by atoms with van der Waals surface area (Å²) in [5.41, 5.74) is 2.44. The standard InChI is InChI=1S/C11H21N7O2/c1-8(7-19)6-13-9-14-10(17-12)16-11(15-9)18-2-4-20-5-3-18/h8,19H,2-7,12H2,1H3,(H2,13,14,15,16,17). The smallest absolute Gasteiger partial charge is 0.243 e. The highest BCUT2D eigenvalue weighted by Gasteiger charge is 2.16. The largest absolute Gasteiger partial charge is 0.396 e. The summed E-state index contributed by atoms with van der Waals surface area (Å²) in [7, 11) is 0. The number of aliphatic hydroxyl groups excluding tert-OH is 1. The molecule has 0 aliphatic carbocycles. The molecule has 9 nitrogen and oxygen atoms in total. The minimum absolute atomic E-state index is 0.108. The van der Waals surface area contributed by atoms with Crippen LogP contribution in [-0.2, 0) is 4.74 Å². The summed E-state index contributed by atoms with van der Waals surface area (Å²) in [5, 5.41) is 12.1. The second-order valence-corrected chi connectivity index (χ2v) is 4.70. The molecule has 0 aromatic carbocycles. The van der Waals surface area contributed by atoms with Crippen LogP contribution < -0.4 is 21.5 Å². The van der Waals surface area contributed by atoms with Crippen molar-refractivity contribution in [3.05, 3.63) is 0 Å². The summed E-state index contributed by atoms with van der Waals surface area (Å²) in [6.07, 6.45) is 0. The average molecular weight is 283 g/mol. The van der Waals surface area contributed by atoms with Crippen LogP contribution in [0.1, 0.15) is 6.92 Å². The SMILES string of the molecule is CC(CO)CNc1nc(NN)nc(N2CCOCC2)n1. The molecule has 1 aliphatic heterocycles. The van der Waals surface area contributed by atoms with Gasteiger partial charge in [-0.2, -0.15) is 15.0 Å². The Kier molecular flexibility index (Phi) is 5.27. The number of hydrazine groups is 1. The maximum Gasteiger partial charge on any atom is 0.243 e. The van der Waals surface area contributed by atoms with Crippen LogP contribution in [0.15, 0.2) is 0 Å². The van der Waals surface area contributed by atoms with Crippen molar-refractivity contribution in [3.8, 4) is 0 Å². The Morgan fingerprint density at radius 1 is 1.30 bits per heavy atom. The number of nitrogens with two attached hydrogens (primary N) is 1. The van der Waals surface area contributed by atoms with E-state index in [1.54, 1.807) is 0 Å². The third kappa shape index (κ3) is 3.89. The second-order valence-electron chi connectivity index (χ2n) is 4.70. The van der Waals surface area contributed by atoms with Crippen molar-refractivity contribution in [1.29, 1.82) is 0 Å². The molecule has 0 spiro atoms. The van der Waals surface area contributed by atoms with Gasteiger partial charge in [0.05, 0.1) is 13.2 Å². The van der Waals surface area contributed by atoms with Crippen LogP contribution in [0.4, 0.5) is 17.8 Å². The number of nitrogen functional groups attached to an aromatic ring is 1. The molecule has 112 valence electrons. The van der Waals surface area contributed by atoms with Crippen LogP contribution in [0.3, 0.4) is 0 Å². The Hall–Kier alpha value is -1.71. The van der Waals surface area contributed by atoms with E-state index in [-0.39, 0.29) is 12.5 Å². The first-order valence-electron chi connectivity index (χ1n) is 6.63. The van der Waals surface area contributed by atoms with E-state index in [1.165, 1.54) is 0 Å². The molecule has 1 saturated heterocycles. The molecule has 1 unspecified atom stereocenters. The Labute approximate surface area is 117 Å². The fourth-order valence-electron chi connectivity index (χ4n) is 1.74. The monoisotopic (exact) mass is 283 g/mol. The maximum absolute atomic E-state index is 9.02. The molecular weight excluding hydrogens is 262 g/mol. The van der Waals surface area contributed by atoms with E-state index in [1.807, 2.05) is 11.8 Å². The van der Waals surface area contributed by atoms with Gasteiger partial charge in [-0.3, -0.25) is 5.43 Å². The predicted molar refractivity (Wildman–Crippen MR) is 75.4 cm³/mol. The third-order valence-corrected chi connectivity index (χ3v) is 2.97. The predicted octanol–water partition coefficient (Wildman–Crippen LogP) is -0.966. The van der Waals surface area contributed by atoms with Gasteiger partial charge < -0.3 is 20.1 Å². The lowest BCUT2D eigenvalue weighted by Gasteiger charge is -2.27. The molecule has 1 aromatic heterocycles. The third-order valence-electron chi connectivity index (χ3n) is 2.97. The van der Waals surface area contributed by atoms with E-state index in [9.17, 15) is 0 Å². The summed E-state index contributed by atoms with van der Waals surface area (Å²) in [6, 6.07) is 0. The molecule has 20 heavy (non-hydrogen) atoms. The van der Waals surface area contributed by atoms with Gasteiger partial charge in [0, 0.05) is 26.2 Å². The number of nitrogens with one attached hydrogen (secondary N) is 2. The van der Waals surface area contributed by atoms with E-state index in [2.05, 4.69) is 25.7 Å². The minimum Gasteiger partial charge on any atom is -0.396 e. The molecule has 1 aliphatic rings. The highest BCUT2D eigenvalue weighted by molar-refractivity contribution is 5.43. The molecule has 1 atom stereocenters. The van der Waals surface area contributed by atoms with Gasteiger partial charge in [0.2, 0.25) is 17.8 Å². The fraction of sp³-hybridized carbons (Fsp3) is 0.727. The van der Waals surface area contributed by atoms with Gasteiger partial charge in [-0.25, -0.2) is 5.84 Å². The summed E-state index contributed by atoms with van der Waals surface area (Å²) < 4.78 is 5.30. The van der Waals surface area contributed by atoms with Crippen molar-refractivity contribution in [3.63, 3.8) is 0 Å². The number of nitrogens with zero attached hydrogens (tertiary/aromatic N) is 4. The number of rotatable bonds is 6. The number of morpholine rings is 1. The first-order chi connectivity index (χ1) is 9.72. The van der Waals surface area contributed by atoms with Crippen LogP contribution in [0.25, 0.3) is 0 Å². The molecule has 2 heterocycles. The van der Waals surface area contributed by atoms with Gasteiger partial charge in [0.15, 0.2) is 0 Å². The number of aliphatic hydroxyl groups is 1. The van der Waals surface area contributed by atoms with E-state index in [0.717, 1.165) is 13.1 Å². The van der Waals surface area contributed by atoms with E-state index in [0.29, 0.717) is 37.6 Å². The van der Waals surface area contributed by atoms with Gasteiger partial charge in [-0.15, -0.1) is 0 Å². The molecule has 0 radical (unpaired) electrons. The summed E-state index contributed by atoms with van der Waals surface area (Å²) in [5.74, 6) is 6.81. The van der Waals surface area contributed by atoms with Crippen LogP contribution in [0.5, 0.6) is 0 Å².